The van der Waals surface area contributed by atoms with E-state index in [1.54, 1.807) is 16.5 Å². The zero-order valence-electron chi connectivity index (χ0n) is 18.9. The Kier molecular flexibility index (Phi) is 5.06. The number of carbonyl (C=O) groups is 2. The fourth-order valence-electron chi connectivity index (χ4n) is 4.35. The first-order valence-corrected chi connectivity index (χ1v) is 10.5. The van der Waals surface area contributed by atoms with Crippen LogP contribution in [0, 0.1) is 5.82 Å². The molecule has 32 heavy (non-hydrogen) atoms. The number of primary amides is 1. The van der Waals surface area contributed by atoms with E-state index >= 15 is 0 Å². The fourth-order valence-corrected chi connectivity index (χ4v) is 4.35. The van der Waals surface area contributed by atoms with Crippen LogP contribution in [0.1, 0.15) is 56.5 Å². The van der Waals surface area contributed by atoms with Crippen molar-refractivity contribution in [1.82, 2.24) is 19.5 Å². The van der Waals surface area contributed by atoms with Gasteiger partial charge in [0.05, 0.1) is 23.8 Å². The molecule has 3 aromatic rings. The molecule has 9 nitrogen and oxygen atoms in total. The quantitative estimate of drug-likeness (QED) is 0.642. The van der Waals surface area contributed by atoms with Crippen molar-refractivity contribution < 1.29 is 23.5 Å². The number of methoxy groups -OCH3 is 1. The van der Waals surface area contributed by atoms with E-state index in [9.17, 15) is 14.0 Å². The van der Waals surface area contributed by atoms with Gasteiger partial charge in [0.15, 0.2) is 5.65 Å². The van der Waals surface area contributed by atoms with Gasteiger partial charge in [-0.05, 0) is 39.7 Å². The summed E-state index contributed by atoms with van der Waals surface area (Å²) in [7, 11) is 1.55. The highest BCUT2D eigenvalue weighted by Gasteiger charge is 2.40. The summed E-state index contributed by atoms with van der Waals surface area (Å²) in [5.41, 5.74) is 6.67. The molecule has 0 radical (unpaired) electrons. The second-order valence-electron chi connectivity index (χ2n) is 9.50. The van der Waals surface area contributed by atoms with E-state index in [-0.39, 0.29) is 17.1 Å². The summed E-state index contributed by atoms with van der Waals surface area (Å²) in [6.07, 6.45) is 0.964. The molecular weight excluding hydrogens is 417 g/mol. The van der Waals surface area contributed by atoms with Gasteiger partial charge in [-0.25, -0.2) is 18.7 Å². The number of nitrogens with two attached hydrogens (primary N) is 1. The number of hydrogen-bond donors (Lipinski definition) is 2. The van der Waals surface area contributed by atoms with Crippen molar-refractivity contribution in [2.75, 3.05) is 20.2 Å². The van der Waals surface area contributed by atoms with Crippen LogP contribution in [0.15, 0.2) is 12.1 Å². The van der Waals surface area contributed by atoms with Crippen molar-refractivity contribution in [3.05, 3.63) is 29.1 Å². The minimum absolute atomic E-state index is 0.0350. The minimum Gasteiger partial charge on any atom is -0.481 e. The number of aromatic amines is 1. The Labute approximate surface area is 184 Å². The molecule has 0 unspecified atom stereocenters. The third-order valence-electron chi connectivity index (χ3n) is 5.97. The van der Waals surface area contributed by atoms with Gasteiger partial charge < -0.3 is 20.1 Å². The molecule has 0 atom stereocenters. The number of rotatable bonds is 3. The highest BCUT2D eigenvalue weighted by molar-refractivity contribution is 6.05. The molecule has 3 N–H and O–H groups in total. The van der Waals surface area contributed by atoms with Crippen LogP contribution in [0.3, 0.4) is 0 Å². The number of ether oxygens (including phenoxy) is 2. The first kappa shape index (κ1) is 21.9. The van der Waals surface area contributed by atoms with Gasteiger partial charge in [-0.1, -0.05) is 6.92 Å². The average molecular weight is 445 g/mol. The highest BCUT2D eigenvalue weighted by atomic mass is 19.1. The number of nitrogens with zero attached hydrogens (tertiary/aromatic N) is 3. The molecule has 0 aliphatic carbocycles. The molecule has 2 aromatic heterocycles. The molecular formula is C22H28FN5O4. The first-order valence-electron chi connectivity index (χ1n) is 10.5. The summed E-state index contributed by atoms with van der Waals surface area (Å²) in [4.78, 5) is 30.7. The van der Waals surface area contributed by atoms with E-state index < -0.39 is 17.3 Å². The van der Waals surface area contributed by atoms with Gasteiger partial charge in [0.2, 0.25) is 5.88 Å². The number of aromatic nitrogens is 3. The largest absolute Gasteiger partial charge is 0.481 e. The van der Waals surface area contributed by atoms with Gasteiger partial charge in [-0.15, -0.1) is 0 Å². The molecule has 0 spiro atoms. The molecule has 1 fully saturated rings. The second kappa shape index (κ2) is 7.39. The van der Waals surface area contributed by atoms with E-state index in [2.05, 4.69) is 17.0 Å². The van der Waals surface area contributed by atoms with Crippen LogP contribution < -0.4 is 10.5 Å². The second-order valence-corrected chi connectivity index (χ2v) is 9.50. The Morgan fingerprint density at radius 2 is 1.91 bits per heavy atom. The van der Waals surface area contributed by atoms with Crippen LogP contribution in [-0.4, -0.2) is 57.3 Å². The average Bonchev–Trinajstić information content (AvgIpc) is 3.21. The van der Waals surface area contributed by atoms with Crippen molar-refractivity contribution >= 4 is 28.7 Å². The number of fused-ring (bicyclic) bond motifs is 3. The van der Waals surface area contributed by atoms with Crippen LogP contribution >= 0.6 is 0 Å². The molecule has 4 rings (SSSR count). The Morgan fingerprint density at radius 3 is 2.47 bits per heavy atom. The smallest absolute Gasteiger partial charge is 0.410 e. The van der Waals surface area contributed by atoms with Gasteiger partial charge in [0.25, 0.3) is 5.91 Å². The summed E-state index contributed by atoms with van der Waals surface area (Å²) in [5.74, 6) is -0.830. The summed E-state index contributed by atoms with van der Waals surface area (Å²) in [6.45, 7) is 8.62. The number of likely N-dealkylation sites (tertiary alicyclic amines) is 1. The standard InChI is InChI=1S/C22H28FN5O4/c1-21(2,3)32-20(30)27-8-6-22(4,7-9-27)15-18-25-14-11-12(23)10-13(17(24)29)16(14)28(18)26-19(15)31-5/h10-11,26H,6-9H2,1-5H3,(H2,24,29). The van der Waals surface area contributed by atoms with Crippen molar-refractivity contribution in [3.8, 4) is 5.88 Å². The van der Waals surface area contributed by atoms with Crippen molar-refractivity contribution in [2.24, 2.45) is 5.73 Å². The molecule has 1 aliphatic rings. The lowest BCUT2D eigenvalue weighted by Gasteiger charge is -2.39. The topological polar surface area (TPSA) is 115 Å². The Morgan fingerprint density at radius 1 is 1.25 bits per heavy atom. The maximum Gasteiger partial charge on any atom is 0.410 e. The molecule has 3 heterocycles. The number of nitrogens with one attached hydrogen (secondary N) is 1. The van der Waals surface area contributed by atoms with Crippen LogP contribution in [0.2, 0.25) is 0 Å². The number of halogens is 1. The van der Waals surface area contributed by atoms with Crippen LogP contribution in [-0.2, 0) is 10.2 Å². The number of benzene rings is 1. The molecule has 10 heteroatoms. The highest BCUT2D eigenvalue weighted by Crippen LogP contribution is 2.43. The molecule has 172 valence electrons. The number of carbonyl (C=O) groups excluding carboxylic acids is 2. The minimum atomic E-state index is -0.747. The summed E-state index contributed by atoms with van der Waals surface area (Å²) in [5, 5.41) is 3.14. The third kappa shape index (κ3) is 3.63. The van der Waals surface area contributed by atoms with Crippen LogP contribution in [0.5, 0.6) is 5.88 Å². The third-order valence-corrected chi connectivity index (χ3v) is 5.97. The zero-order valence-corrected chi connectivity index (χ0v) is 18.9. The van der Waals surface area contributed by atoms with Gasteiger partial charge >= 0.3 is 6.09 Å². The molecule has 0 saturated carbocycles. The lowest BCUT2D eigenvalue weighted by atomic mass is 9.75. The maximum absolute atomic E-state index is 14.1. The lowest BCUT2D eigenvalue weighted by molar-refractivity contribution is 0.0171. The lowest BCUT2D eigenvalue weighted by Crippen LogP contribution is -2.45. The summed E-state index contributed by atoms with van der Waals surface area (Å²) >= 11 is 0. The van der Waals surface area contributed by atoms with Crippen LogP contribution in [0.25, 0.3) is 16.7 Å². The first-order chi connectivity index (χ1) is 14.9. The molecule has 0 bridgehead atoms. The van der Waals surface area contributed by atoms with Crippen LogP contribution in [0.4, 0.5) is 9.18 Å². The fraction of sp³-hybridized carbons (Fsp3) is 0.500. The van der Waals surface area contributed by atoms with Gasteiger partial charge in [-0.2, -0.15) is 0 Å². The normalized spacial score (nSPS) is 16.5. The van der Waals surface area contributed by atoms with Crippen molar-refractivity contribution in [2.45, 2.75) is 51.6 Å². The van der Waals surface area contributed by atoms with E-state index in [0.29, 0.717) is 48.5 Å². The van der Waals surface area contributed by atoms with E-state index in [4.69, 9.17) is 15.2 Å². The van der Waals surface area contributed by atoms with E-state index in [1.165, 1.54) is 6.07 Å². The van der Waals surface area contributed by atoms with Gasteiger partial charge in [-0.3, -0.25) is 9.89 Å². The number of piperidine rings is 1. The molecule has 1 saturated heterocycles. The molecule has 2 amide bonds. The maximum atomic E-state index is 14.1. The van der Waals surface area contributed by atoms with E-state index in [1.807, 2.05) is 20.8 Å². The Bertz CT molecular complexity index is 1210. The van der Waals surface area contributed by atoms with E-state index in [0.717, 1.165) is 11.6 Å². The van der Waals surface area contributed by atoms with Crippen molar-refractivity contribution in [3.63, 3.8) is 0 Å². The number of imidazole rings is 1. The van der Waals surface area contributed by atoms with Gasteiger partial charge in [0, 0.05) is 24.6 Å². The number of hydrogen-bond acceptors (Lipinski definition) is 5. The Balaban J connectivity index is 1.75. The molecule has 1 aromatic carbocycles. The number of amides is 2. The predicted octanol–water partition coefficient (Wildman–Crippen LogP) is 3.35. The summed E-state index contributed by atoms with van der Waals surface area (Å²) in [6, 6.07) is 2.37. The monoisotopic (exact) mass is 445 g/mol. The van der Waals surface area contributed by atoms with Gasteiger partial charge in [0.1, 0.15) is 16.9 Å². The zero-order chi connectivity index (χ0) is 23.4. The number of H-pyrrole nitrogens is 1. The SMILES string of the molecule is COc1[nH]n2c(nc3cc(F)cc(C(N)=O)c32)c1C1(C)CCN(C(=O)OC(C)(C)C)CC1. The van der Waals surface area contributed by atoms with Crippen molar-refractivity contribution in [1.29, 1.82) is 0 Å². The Hall–Kier alpha value is -3.30. The summed E-state index contributed by atoms with van der Waals surface area (Å²) < 4.78 is 26.8. The predicted molar refractivity (Wildman–Crippen MR) is 116 cm³/mol. The molecule has 1 aliphatic heterocycles.